The molecule has 0 radical (unpaired) electrons. The van der Waals surface area contributed by atoms with E-state index in [4.69, 9.17) is 5.11 Å². The molecule has 0 amide bonds. The van der Waals surface area contributed by atoms with Crippen molar-refractivity contribution in [3.05, 3.63) is 0 Å². The SMILES string of the molecule is CCC1CCC(O)C(CN(CCO)C(C)C)C1. The molecular formula is C14H29NO2. The molecule has 0 saturated heterocycles. The van der Waals surface area contributed by atoms with Crippen LogP contribution in [0.1, 0.15) is 46.5 Å². The summed E-state index contributed by atoms with van der Waals surface area (Å²) in [5.41, 5.74) is 0. The summed E-state index contributed by atoms with van der Waals surface area (Å²) in [5.74, 6) is 1.18. The van der Waals surface area contributed by atoms with Crippen LogP contribution in [-0.4, -0.2) is 47.0 Å². The number of aliphatic hydroxyl groups is 2. The van der Waals surface area contributed by atoms with Crippen LogP contribution in [0, 0.1) is 11.8 Å². The van der Waals surface area contributed by atoms with Crippen LogP contribution in [0.25, 0.3) is 0 Å². The molecule has 3 nitrogen and oxygen atoms in total. The van der Waals surface area contributed by atoms with Gasteiger partial charge in [-0.3, -0.25) is 4.90 Å². The first-order valence-corrected chi connectivity index (χ1v) is 7.11. The molecule has 0 aromatic rings. The molecular weight excluding hydrogens is 214 g/mol. The molecule has 17 heavy (non-hydrogen) atoms. The normalized spacial score (nSPS) is 30.2. The summed E-state index contributed by atoms with van der Waals surface area (Å²) in [4.78, 5) is 2.28. The van der Waals surface area contributed by atoms with Crippen molar-refractivity contribution in [2.45, 2.75) is 58.6 Å². The molecule has 0 aliphatic heterocycles. The summed E-state index contributed by atoms with van der Waals surface area (Å²) in [6.07, 6.45) is 4.36. The van der Waals surface area contributed by atoms with E-state index in [1.807, 2.05) is 0 Å². The largest absolute Gasteiger partial charge is 0.395 e. The molecule has 0 aromatic heterocycles. The van der Waals surface area contributed by atoms with E-state index < -0.39 is 0 Å². The Hall–Kier alpha value is -0.120. The van der Waals surface area contributed by atoms with E-state index in [9.17, 15) is 5.11 Å². The van der Waals surface area contributed by atoms with Crippen molar-refractivity contribution in [1.82, 2.24) is 4.90 Å². The van der Waals surface area contributed by atoms with Gasteiger partial charge in [-0.2, -0.15) is 0 Å². The summed E-state index contributed by atoms with van der Waals surface area (Å²) >= 11 is 0. The van der Waals surface area contributed by atoms with E-state index in [1.54, 1.807) is 0 Å². The maximum absolute atomic E-state index is 10.1. The lowest BCUT2D eigenvalue weighted by Crippen LogP contribution is -2.43. The third-order valence-electron chi connectivity index (χ3n) is 4.21. The van der Waals surface area contributed by atoms with Crippen molar-refractivity contribution in [3.63, 3.8) is 0 Å². The molecule has 2 N–H and O–H groups in total. The monoisotopic (exact) mass is 243 g/mol. The highest BCUT2D eigenvalue weighted by Crippen LogP contribution is 2.32. The van der Waals surface area contributed by atoms with Gasteiger partial charge in [0.25, 0.3) is 0 Å². The van der Waals surface area contributed by atoms with Gasteiger partial charge in [0.05, 0.1) is 12.7 Å². The molecule has 1 saturated carbocycles. The van der Waals surface area contributed by atoms with Gasteiger partial charge in [0, 0.05) is 19.1 Å². The van der Waals surface area contributed by atoms with Crippen molar-refractivity contribution in [2.75, 3.05) is 19.7 Å². The van der Waals surface area contributed by atoms with Crippen LogP contribution in [0.5, 0.6) is 0 Å². The lowest BCUT2D eigenvalue weighted by atomic mass is 9.78. The van der Waals surface area contributed by atoms with Crippen molar-refractivity contribution < 1.29 is 10.2 Å². The van der Waals surface area contributed by atoms with Gasteiger partial charge in [0.1, 0.15) is 0 Å². The minimum Gasteiger partial charge on any atom is -0.395 e. The Morgan fingerprint density at radius 2 is 2.00 bits per heavy atom. The van der Waals surface area contributed by atoms with E-state index in [0.29, 0.717) is 12.0 Å². The quantitative estimate of drug-likeness (QED) is 0.748. The van der Waals surface area contributed by atoms with Crippen LogP contribution in [-0.2, 0) is 0 Å². The molecule has 0 heterocycles. The molecule has 0 bridgehead atoms. The average molecular weight is 243 g/mol. The van der Waals surface area contributed by atoms with Gasteiger partial charge in [0.2, 0.25) is 0 Å². The predicted molar refractivity (Wildman–Crippen MR) is 70.9 cm³/mol. The molecule has 3 atom stereocenters. The Balaban J connectivity index is 2.50. The lowest BCUT2D eigenvalue weighted by molar-refractivity contribution is 0.0175. The highest BCUT2D eigenvalue weighted by molar-refractivity contribution is 4.82. The minimum absolute atomic E-state index is 0.141. The lowest BCUT2D eigenvalue weighted by Gasteiger charge is -2.37. The van der Waals surface area contributed by atoms with Crippen LogP contribution >= 0.6 is 0 Å². The van der Waals surface area contributed by atoms with Gasteiger partial charge in [-0.15, -0.1) is 0 Å². The van der Waals surface area contributed by atoms with Crippen molar-refractivity contribution in [2.24, 2.45) is 11.8 Å². The number of nitrogens with zero attached hydrogens (tertiary/aromatic N) is 1. The van der Waals surface area contributed by atoms with Gasteiger partial charge >= 0.3 is 0 Å². The zero-order valence-electron chi connectivity index (χ0n) is 11.6. The average Bonchev–Trinajstić information content (AvgIpc) is 2.31. The minimum atomic E-state index is -0.141. The first-order chi connectivity index (χ1) is 8.08. The summed E-state index contributed by atoms with van der Waals surface area (Å²) in [5, 5.41) is 19.2. The highest BCUT2D eigenvalue weighted by Gasteiger charge is 2.30. The van der Waals surface area contributed by atoms with Gasteiger partial charge in [-0.05, 0) is 44.9 Å². The van der Waals surface area contributed by atoms with Crippen molar-refractivity contribution >= 4 is 0 Å². The fraction of sp³-hybridized carbons (Fsp3) is 1.00. The summed E-state index contributed by atoms with van der Waals surface area (Å²) in [7, 11) is 0. The van der Waals surface area contributed by atoms with E-state index in [1.165, 1.54) is 12.8 Å². The number of hydrogen-bond donors (Lipinski definition) is 2. The maximum Gasteiger partial charge on any atom is 0.0580 e. The Bertz CT molecular complexity index is 208. The molecule has 1 aliphatic carbocycles. The van der Waals surface area contributed by atoms with Gasteiger partial charge in [-0.1, -0.05) is 13.3 Å². The Labute approximate surface area is 106 Å². The summed E-state index contributed by atoms with van der Waals surface area (Å²) in [6.45, 7) is 8.41. The molecule has 1 aliphatic rings. The highest BCUT2D eigenvalue weighted by atomic mass is 16.3. The standard InChI is InChI=1S/C14H29NO2/c1-4-12-5-6-14(17)13(9-12)10-15(7-8-16)11(2)3/h11-14,16-17H,4-10H2,1-3H3. The zero-order chi connectivity index (χ0) is 12.8. The Morgan fingerprint density at radius 1 is 1.29 bits per heavy atom. The first-order valence-electron chi connectivity index (χ1n) is 7.11. The van der Waals surface area contributed by atoms with E-state index in [2.05, 4.69) is 25.7 Å². The van der Waals surface area contributed by atoms with Crippen LogP contribution in [0.15, 0.2) is 0 Å². The molecule has 3 unspecified atom stereocenters. The van der Waals surface area contributed by atoms with Gasteiger partial charge < -0.3 is 10.2 Å². The van der Waals surface area contributed by atoms with Gasteiger partial charge in [0.15, 0.2) is 0 Å². The second-order valence-electron chi connectivity index (χ2n) is 5.73. The molecule has 102 valence electrons. The molecule has 3 heteroatoms. The van der Waals surface area contributed by atoms with E-state index in [-0.39, 0.29) is 12.7 Å². The number of hydrogen-bond acceptors (Lipinski definition) is 3. The van der Waals surface area contributed by atoms with Crippen LogP contribution < -0.4 is 0 Å². The van der Waals surface area contributed by atoms with Crippen LogP contribution in [0.2, 0.25) is 0 Å². The van der Waals surface area contributed by atoms with Crippen LogP contribution in [0.4, 0.5) is 0 Å². The summed E-state index contributed by atoms with van der Waals surface area (Å²) < 4.78 is 0. The Morgan fingerprint density at radius 3 is 2.53 bits per heavy atom. The third kappa shape index (κ3) is 4.57. The molecule has 0 spiro atoms. The predicted octanol–water partition coefficient (Wildman–Crippen LogP) is 1.88. The fourth-order valence-electron chi connectivity index (χ4n) is 2.90. The number of rotatable bonds is 6. The molecule has 1 rings (SSSR count). The van der Waals surface area contributed by atoms with Gasteiger partial charge in [-0.25, -0.2) is 0 Å². The van der Waals surface area contributed by atoms with E-state index in [0.717, 1.165) is 31.8 Å². The molecule has 0 aromatic carbocycles. The second kappa shape index (κ2) is 7.34. The number of aliphatic hydroxyl groups excluding tert-OH is 2. The first kappa shape index (κ1) is 14.9. The summed E-state index contributed by atoms with van der Waals surface area (Å²) in [6, 6.07) is 0.441. The van der Waals surface area contributed by atoms with Crippen molar-refractivity contribution in [3.8, 4) is 0 Å². The fourth-order valence-corrected chi connectivity index (χ4v) is 2.90. The smallest absolute Gasteiger partial charge is 0.0580 e. The van der Waals surface area contributed by atoms with Crippen LogP contribution in [0.3, 0.4) is 0 Å². The maximum atomic E-state index is 10.1. The topological polar surface area (TPSA) is 43.7 Å². The second-order valence-corrected chi connectivity index (χ2v) is 5.73. The van der Waals surface area contributed by atoms with Crippen molar-refractivity contribution in [1.29, 1.82) is 0 Å². The third-order valence-corrected chi connectivity index (χ3v) is 4.21. The molecule has 1 fully saturated rings. The van der Waals surface area contributed by atoms with E-state index >= 15 is 0 Å². The zero-order valence-corrected chi connectivity index (χ0v) is 11.6. The Kier molecular flexibility index (Phi) is 6.45.